The summed E-state index contributed by atoms with van der Waals surface area (Å²) in [6.07, 6.45) is 19.5. The fraction of sp³-hybridized carbons (Fsp3) is 0.960. The summed E-state index contributed by atoms with van der Waals surface area (Å²) in [5.74, 6) is 1.67. The second kappa shape index (κ2) is 22.1. The average Bonchev–Trinajstić information content (AvgIpc) is 2.76. The number of hydrogen-bond donors (Lipinski definition) is 2. The summed E-state index contributed by atoms with van der Waals surface area (Å²) in [5.41, 5.74) is 0. The molecular formula is C25H54N2O5PS+. The molecule has 0 fully saturated rings. The summed E-state index contributed by atoms with van der Waals surface area (Å²) in [7, 11) is 1.83. The molecule has 0 radical (unpaired) electrons. The van der Waals surface area contributed by atoms with Crippen molar-refractivity contribution < 1.29 is 27.8 Å². The van der Waals surface area contributed by atoms with Crippen LogP contribution in [-0.4, -0.2) is 74.2 Å². The molecule has 204 valence electrons. The van der Waals surface area contributed by atoms with Gasteiger partial charge < -0.3 is 14.7 Å². The van der Waals surface area contributed by atoms with Crippen molar-refractivity contribution in [3.8, 4) is 0 Å². The first-order chi connectivity index (χ1) is 16.2. The van der Waals surface area contributed by atoms with E-state index in [1.165, 1.54) is 83.5 Å². The maximum absolute atomic E-state index is 12.0. The van der Waals surface area contributed by atoms with Crippen molar-refractivity contribution in [3.05, 3.63) is 0 Å². The largest absolute Gasteiger partial charge is 0.472 e. The van der Waals surface area contributed by atoms with E-state index in [-0.39, 0.29) is 19.3 Å². The van der Waals surface area contributed by atoms with Crippen molar-refractivity contribution >= 4 is 26.0 Å². The summed E-state index contributed by atoms with van der Waals surface area (Å²) in [5, 5.41) is 2.67. The predicted molar refractivity (Wildman–Crippen MR) is 145 cm³/mol. The number of hydrogen-bond acceptors (Lipinski definition) is 5. The van der Waals surface area contributed by atoms with Gasteiger partial charge in [-0.1, -0.05) is 90.4 Å². The van der Waals surface area contributed by atoms with Gasteiger partial charge in [0.05, 0.1) is 33.8 Å². The summed E-state index contributed by atoms with van der Waals surface area (Å²) in [6, 6.07) is -0.309. The zero-order valence-corrected chi connectivity index (χ0v) is 24.2. The van der Waals surface area contributed by atoms with Crippen molar-refractivity contribution in [1.82, 2.24) is 5.32 Å². The highest BCUT2D eigenvalue weighted by Crippen LogP contribution is 2.43. The lowest BCUT2D eigenvalue weighted by Gasteiger charge is -2.24. The molecule has 1 amide bonds. The smallest absolute Gasteiger partial charge is 0.353 e. The third kappa shape index (κ3) is 25.0. The van der Waals surface area contributed by atoms with E-state index in [4.69, 9.17) is 9.05 Å². The molecule has 0 aliphatic carbocycles. The lowest BCUT2D eigenvalue weighted by Crippen LogP contribution is -2.37. The summed E-state index contributed by atoms with van der Waals surface area (Å²) in [6.45, 7) is 2.96. The molecule has 9 heteroatoms. The summed E-state index contributed by atoms with van der Waals surface area (Å²) >= 11 is 1.74. The van der Waals surface area contributed by atoms with E-state index in [0.29, 0.717) is 23.2 Å². The average molecular weight is 526 g/mol. The molecule has 2 atom stereocenters. The highest BCUT2D eigenvalue weighted by molar-refractivity contribution is 7.99. The summed E-state index contributed by atoms with van der Waals surface area (Å²) < 4.78 is 22.7. The van der Waals surface area contributed by atoms with Gasteiger partial charge in [-0.3, -0.25) is 13.8 Å². The van der Waals surface area contributed by atoms with Gasteiger partial charge >= 0.3 is 7.82 Å². The van der Waals surface area contributed by atoms with Gasteiger partial charge in [0, 0.05) is 5.75 Å². The molecule has 1 unspecified atom stereocenters. The van der Waals surface area contributed by atoms with E-state index in [0.717, 1.165) is 12.2 Å². The zero-order chi connectivity index (χ0) is 25.5. The Labute approximate surface area is 214 Å². The Morgan fingerprint density at radius 2 is 1.38 bits per heavy atom. The molecular weight excluding hydrogens is 471 g/mol. The number of phosphoric ester groups is 1. The maximum Gasteiger partial charge on any atom is 0.472 e. The van der Waals surface area contributed by atoms with E-state index in [1.807, 2.05) is 21.1 Å². The van der Waals surface area contributed by atoms with Gasteiger partial charge in [0.1, 0.15) is 13.2 Å². The molecule has 0 aliphatic rings. The third-order valence-electron chi connectivity index (χ3n) is 5.72. The second-order valence-electron chi connectivity index (χ2n) is 10.3. The van der Waals surface area contributed by atoms with Gasteiger partial charge in [-0.2, -0.15) is 11.8 Å². The first-order valence-corrected chi connectivity index (χ1v) is 16.0. The van der Waals surface area contributed by atoms with Gasteiger partial charge in [0.15, 0.2) is 0 Å². The van der Waals surface area contributed by atoms with Crippen molar-refractivity contribution in [2.45, 2.75) is 103 Å². The lowest BCUT2D eigenvalue weighted by molar-refractivity contribution is -0.870. The molecule has 2 N–H and O–H groups in total. The molecule has 0 rings (SSSR count). The van der Waals surface area contributed by atoms with Crippen LogP contribution in [0.5, 0.6) is 0 Å². The number of amides is 1. The number of rotatable bonds is 26. The van der Waals surface area contributed by atoms with Crippen LogP contribution >= 0.6 is 19.6 Å². The highest BCUT2D eigenvalue weighted by atomic mass is 32.2. The minimum atomic E-state index is -4.11. The third-order valence-corrected chi connectivity index (χ3v) is 7.92. The molecule has 0 aromatic carbocycles. The maximum atomic E-state index is 12.0. The second-order valence-corrected chi connectivity index (χ2v) is 12.9. The molecule has 0 heterocycles. The fourth-order valence-corrected chi connectivity index (χ4v) is 5.32. The van der Waals surface area contributed by atoms with Crippen molar-refractivity contribution in [3.63, 3.8) is 0 Å². The van der Waals surface area contributed by atoms with Crippen molar-refractivity contribution in [1.29, 1.82) is 0 Å². The van der Waals surface area contributed by atoms with Crippen LogP contribution in [0.4, 0.5) is 0 Å². The van der Waals surface area contributed by atoms with Crippen LogP contribution in [0.1, 0.15) is 96.8 Å². The topological polar surface area (TPSA) is 84.9 Å². The Morgan fingerprint density at radius 3 is 1.85 bits per heavy atom. The van der Waals surface area contributed by atoms with E-state index >= 15 is 0 Å². The number of phosphoric acid groups is 1. The number of nitrogens with one attached hydrogen (secondary N) is 1. The highest BCUT2D eigenvalue weighted by Gasteiger charge is 2.24. The Kier molecular flexibility index (Phi) is 22.0. The molecule has 0 spiro atoms. The number of thioether (sulfide) groups is 1. The van der Waals surface area contributed by atoms with Gasteiger partial charge in [0.2, 0.25) is 6.41 Å². The van der Waals surface area contributed by atoms with E-state index in [1.54, 1.807) is 11.8 Å². The fourth-order valence-electron chi connectivity index (χ4n) is 3.52. The number of likely N-dealkylation sites (N-methyl/N-ethyl adjacent to an activating group) is 1. The minimum absolute atomic E-state index is 0.0391. The molecule has 0 aromatic heterocycles. The van der Waals surface area contributed by atoms with Crippen LogP contribution in [0, 0.1) is 0 Å². The molecule has 0 saturated heterocycles. The van der Waals surface area contributed by atoms with Crippen molar-refractivity contribution in [2.75, 3.05) is 52.4 Å². The molecule has 0 aromatic rings. The van der Waals surface area contributed by atoms with Crippen molar-refractivity contribution in [2.24, 2.45) is 0 Å². The number of nitrogens with zero attached hydrogens (tertiary/aromatic N) is 1. The molecule has 7 nitrogen and oxygen atoms in total. The van der Waals surface area contributed by atoms with Gasteiger partial charge in [-0.15, -0.1) is 0 Å². The molecule has 0 aliphatic heterocycles. The first kappa shape index (κ1) is 33.9. The Bertz CT molecular complexity index is 520. The Hall–Kier alpha value is -0.110. The molecule has 0 bridgehead atoms. The van der Waals surface area contributed by atoms with Crippen LogP contribution in [-0.2, 0) is 18.4 Å². The quantitative estimate of drug-likeness (QED) is 0.0609. The number of carbonyl (C=O) groups excluding carboxylic acids is 1. The van der Waals surface area contributed by atoms with Crippen LogP contribution in [0.15, 0.2) is 0 Å². The van der Waals surface area contributed by atoms with E-state index < -0.39 is 7.82 Å². The van der Waals surface area contributed by atoms with Gasteiger partial charge in [-0.05, 0) is 12.2 Å². The molecule has 0 saturated carbocycles. The first-order valence-electron chi connectivity index (χ1n) is 13.4. The number of quaternary nitrogens is 1. The normalized spacial score (nSPS) is 14.6. The van der Waals surface area contributed by atoms with Crippen LogP contribution < -0.4 is 5.32 Å². The van der Waals surface area contributed by atoms with Crippen LogP contribution in [0.2, 0.25) is 0 Å². The Balaban J connectivity index is 3.65. The number of unbranched alkanes of at least 4 members (excludes halogenated alkanes) is 13. The summed E-state index contributed by atoms with van der Waals surface area (Å²) in [4.78, 5) is 20.7. The standard InChI is InChI=1S/C25H53N2O5PS/c1-5-6-7-8-9-10-11-12-13-14-15-16-17-18-21-34-23-25(26-24-28)22-32-33(29,30)31-20-19-27(2,3)4/h24-25H,5-23H2,1-4H3,(H-,26,28,29,30)/p+1/t25-/m0/s1. The predicted octanol–water partition coefficient (Wildman–Crippen LogP) is 6.16. The van der Waals surface area contributed by atoms with Crippen LogP contribution in [0.3, 0.4) is 0 Å². The molecule has 34 heavy (non-hydrogen) atoms. The monoisotopic (exact) mass is 525 g/mol. The SMILES string of the molecule is CCCCCCCCCCCCCCCCSC[C@H](COP(=O)(O)OCC[N+](C)(C)C)NC=O. The Morgan fingerprint density at radius 1 is 0.882 bits per heavy atom. The zero-order valence-electron chi connectivity index (χ0n) is 22.5. The lowest BCUT2D eigenvalue weighted by atomic mass is 10.0. The van der Waals surface area contributed by atoms with Gasteiger partial charge in [0.25, 0.3) is 0 Å². The van der Waals surface area contributed by atoms with E-state index in [2.05, 4.69) is 12.2 Å². The number of carbonyl (C=O) groups is 1. The van der Waals surface area contributed by atoms with Crippen LogP contribution in [0.25, 0.3) is 0 Å². The van der Waals surface area contributed by atoms with Gasteiger partial charge in [-0.25, -0.2) is 4.57 Å². The van der Waals surface area contributed by atoms with E-state index in [9.17, 15) is 14.3 Å². The minimum Gasteiger partial charge on any atom is -0.353 e.